The van der Waals surface area contributed by atoms with Gasteiger partial charge in [-0.3, -0.25) is 9.59 Å². The predicted octanol–water partition coefficient (Wildman–Crippen LogP) is 2.17. The van der Waals surface area contributed by atoms with Gasteiger partial charge in [0.15, 0.2) is 0 Å². The van der Waals surface area contributed by atoms with Gasteiger partial charge >= 0.3 is 0 Å². The summed E-state index contributed by atoms with van der Waals surface area (Å²) in [5.41, 5.74) is 0.630. The molecule has 88 valence electrons. The molecule has 2 amide bonds. The van der Waals surface area contributed by atoms with Crippen molar-refractivity contribution in [3.8, 4) is 5.75 Å². The van der Waals surface area contributed by atoms with E-state index in [1.54, 1.807) is 12.1 Å². The molecule has 0 bridgehead atoms. The lowest BCUT2D eigenvalue weighted by Gasteiger charge is -2.17. The van der Waals surface area contributed by atoms with Crippen LogP contribution < -0.4 is 9.64 Å². The molecular weight excluding hydrogens is 242 g/mol. The summed E-state index contributed by atoms with van der Waals surface area (Å²) in [6.07, 6.45) is 0.0362. The van der Waals surface area contributed by atoms with Crippen LogP contribution in [0.25, 0.3) is 0 Å². The number of nitrogens with zero attached hydrogens (tertiary/aromatic N) is 1. The third-order valence-corrected chi connectivity index (χ3v) is 2.74. The van der Waals surface area contributed by atoms with Gasteiger partial charge in [-0.05, 0) is 18.2 Å². The second kappa shape index (κ2) is 4.22. The van der Waals surface area contributed by atoms with Gasteiger partial charge in [-0.15, -0.1) is 0 Å². The molecule has 0 atom stereocenters. The number of halogens is 1. The molecule has 1 aromatic carbocycles. The molecule has 2 rings (SSSR count). The van der Waals surface area contributed by atoms with Gasteiger partial charge in [-0.25, -0.2) is 4.90 Å². The van der Waals surface area contributed by atoms with Crippen molar-refractivity contribution in [3.05, 3.63) is 35.4 Å². The number of methoxy groups -OCH3 is 1. The Hall–Kier alpha value is -1.81. The van der Waals surface area contributed by atoms with Crippen LogP contribution >= 0.6 is 11.6 Å². The maximum Gasteiger partial charge on any atom is 0.261 e. The van der Waals surface area contributed by atoms with Gasteiger partial charge in [-0.2, -0.15) is 0 Å². The highest BCUT2D eigenvalue weighted by molar-refractivity contribution is 6.32. The number of benzene rings is 1. The Morgan fingerprint density at radius 3 is 2.65 bits per heavy atom. The Bertz CT molecular complexity index is 524. The summed E-state index contributed by atoms with van der Waals surface area (Å²) in [5.74, 6) is -0.304. The fourth-order valence-corrected chi connectivity index (χ4v) is 1.86. The standard InChI is InChI=1S/C12H10ClNO3/c1-7-5-11(15)14(12(7)16)9-6-8(13)3-4-10(9)17-2/h3-4,6H,1,5H2,2H3. The van der Waals surface area contributed by atoms with Crippen LogP contribution in [-0.4, -0.2) is 18.9 Å². The van der Waals surface area contributed by atoms with Crippen LogP contribution in [0.4, 0.5) is 5.69 Å². The van der Waals surface area contributed by atoms with E-state index >= 15 is 0 Å². The number of imide groups is 1. The molecule has 5 heteroatoms. The van der Waals surface area contributed by atoms with Crippen molar-refractivity contribution < 1.29 is 14.3 Å². The normalized spacial score (nSPS) is 15.6. The van der Waals surface area contributed by atoms with Crippen LogP contribution in [0.15, 0.2) is 30.4 Å². The Kier molecular flexibility index (Phi) is 2.90. The highest BCUT2D eigenvalue weighted by atomic mass is 35.5. The lowest BCUT2D eigenvalue weighted by molar-refractivity contribution is -0.120. The predicted molar refractivity (Wildman–Crippen MR) is 64.3 cm³/mol. The average molecular weight is 252 g/mol. The summed E-state index contributed by atoms with van der Waals surface area (Å²) in [6.45, 7) is 3.55. The van der Waals surface area contributed by atoms with Crippen molar-refractivity contribution in [3.63, 3.8) is 0 Å². The van der Waals surface area contributed by atoms with E-state index in [-0.39, 0.29) is 17.9 Å². The highest BCUT2D eigenvalue weighted by Gasteiger charge is 2.35. The molecule has 1 heterocycles. The number of amides is 2. The second-order valence-electron chi connectivity index (χ2n) is 3.63. The number of hydrogen-bond donors (Lipinski definition) is 0. The van der Waals surface area contributed by atoms with Gasteiger partial charge in [0.25, 0.3) is 5.91 Å². The zero-order chi connectivity index (χ0) is 12.6. The average Bonchev–Trinajstić information content (AvgIpc) is 2.53. The molecule has 0 radical (unpaired) electrons. The van der Waals surface area contributed by atoms with Crippen molar-refractivity contribution in [2.75, 3.05) is 12.0 Å². The van der Waals surface area contributed by atoms with Crippen molar-refractivity contribution in [1.29, 1.82) is 0 Å². The molecule has 1 aliphatic rings. The van der Waals surface area contributed by atoms with E-state index in [2.05, 4.69) is 6.58 Å². The van der Waals surface area contributed by atoms with E-state index in [1.807, 2.05) is 0 Å². The minimum absolute atomic E-state index is 0.0362. The molecule has 1 saturated heterocycles. The third-order valence-electron chi connectivity index (χ3n) is 2.50. The van der Waals surface area contributed by atoms with Gasteiger partial charge in [0, 0.05) is 10.6 Å². The number of anilines is 1. The third kappa shape index (κ3) is 1.91. The lowest BCUT2D eigenvalue weighted by atomic mass is 10.2. The SMILES string of the molecule is C=C1CC(=O)N(c2cc(Cl)ccc2OC)C1=O. The summed E-state index contributed by atoms with van der Waals surface area (Å²) >= 11 is 5.86. The molecule has 0 aromatic heterocycles. The van der Waals surface area contributed by atoms with Crippen LogP contribution in [-0.2, 0) is 9.59 Å². The molecule has 1 aromatic rings. The fourth-order valence-electron chi connectivity index (χ4n) is 1.69. The molecule has 1 aliphatic heterocycles. The first-order valence-corrected chi connectivity index (χ1v) is 5.31. The van der Waals surface area contributed by atoms with Gasteiger partial charge in [0.05, 0.1) is 19.2 Å². The number of rotatable bonds is 2. The van der Waals surface area contributed by atoms with Gasteiger partial charge in [0.1, 0.15) is 5.75 Å². The fraction of sp³-hybridized carbons (Fsp3) is 0.167. The second-order valence-corrected chi connectivity index (χ2v) is 4.07. The van der Waals surface area contributed by atoms with E-state index < -0.39 is 5.91 Å². The molecule has 0 spiro atoms. The lowest BCUT2D eigenvalue weighted by Crippen LogP contribution is -2.29. The van der Waals surface area contributed by atoms with E-state index in [0.717, 1.165) is 4.90 Å². The first-order valence-electron chi connectivity index (χ1n) is 4.93. The van der Waals surface area contributed by atoms with Crippen LogP contribution in [0.1, 0.15) is 6.42 Å². The highest BCUT2D eigenvalue weighted by Crippen LogP contribution is 2.35. The molecule has 0 aliphatic carbocycles. The zero-order valence-corrected chi connectivity index (χ0v) is 9.95. The Labute approximate surface area is 103 Å². The van der Waals surface area contributed by atoms with Gasteiger partial charge < -0.3 is 4.74 Å². The topological polar surface area (TPSA) is 46.6 Å². The maximum absolute atomic E-state index is 11.8. The Balaban J connectivity index is 2.53. The quantitative estimate of drug-likeness (QED) is 0.598. The first-order chi connectivity index (χ1) is 8.04. The smallest absolute Gasteiger partial charge is 0.261 e. The van der Waals surface area contributed by atoms with E-state index in [0.29, 0.717) is 16.5 Å². The molecule has 0 N–H and O–H groups in total. The van der Waals surface area contributed by atoms with Crippen molar-refractivity contribution in [1.82, 2.24) is 0 Å². The Morgan fingerprint density at radius 2 is 2.12 bits per heavy atom. The van der Waals surface area contributed by atoms with Crippen LogP contribution in [0.3, 0.4) is 0 Å². The number of ether oxygens (including phenoxy) is 1. The number of carbonyl (C=O) groups is 2. The summed E-state index contributed by atoms with van der Waals surface area (Å²) < 4.78 is 5.11. The van der Waals surface area contributed by atoms with Crippen molar-refractivity contribution in [2.24, 2.45) is 0 Å². The summed E-state index contributed by atoms with van der Waals surface area (Å²) in [4.78, 5) is 24.6. The largest absolute Gasteiger partial charge is 0.495 e. The first kappa shape index (κ1) is 11.7. The maximum atomic E-state index is 11.8. The molecule has 1 fully saturated rings. The van der Waals surface area contributed by atoms with Crippen molar-refractivity contribution >= 4 is 29.1 Å². The minimum Gasteiger partial charge on any atom is -0.495 e. The zero-order valence-electron chi connectivity index (χ0n) is 9.20. The molecule has 4 nitrogen and oxygen atoms in total. The van der Waals surface area contributed by atoms with E-state index in [1.165, 1.54) is 13.2 Å². The Morgan fingerprint density at radius 1 is 1.41 bits per heavy atom. The molecular formula is C12H10ClNO3. The summed E-state index contributed by atoms with van der Waals surface area (Å²) in [7, 11) is 1.46. The number of carbonyl (C=O) groups excluding carboxylic acids is 2. The van der Waals surface area contributed by atoms with Gasteiger partial charge in [0.2, 0.25) is 5.91 Å². The monoisotopic (exact) mass is 251 g/mol. The molecule has 0 saturated carbocycles. The number of hydrogen-bond acceptors (Lipinski definition) is 3. The van der Waals surface area contributed by atoms with Crippen LogP contribution in [0.2, 0.25) is 5.02 Å². The van der Waals surface area contributed by atoms with Crippen molar-refractivity contribution in [2.45, 2.75) is 6.42 Å². The molecule has 17 heavy (non-hydrogen) atoms. The van der Waals surface area contributed by atoms with Crippen LogP contribution in [0, 0.1) is 0 Å². The summed E-state index contributed by atoms with van der Waals surface area (Å²) in [6, 6.07) is 4.76. The summed E-state index contributed by atoms with van der Waals surface area (Å²) in [5, 5.41) is 0.430. The van der Waals surface area contributed by atoms with Crippen LogP contribution in [0.5, 0.6) is 5.75 Å². The molecule has 0 unspecified atom stereocenters. The van der Waals surface area contributed by atoms with E-state index in [4.69, 9.17) is 16.3 Å². The van der Waals surface area contributed by atoms with E-state index in [9.17, 15) is 9.59 Å². The minimum atomic E-state index is -0.407. The van der Waals surface area contributed by atoms with Gasteiger partial charge in [-0.1, -0.05) is 18.2 Å².